The molecule has 0 aromatic heterocycles. The van der Waals surface area contributed by atoms with Crippen LogP contribution in [0.2, 0.25) is 0 Å². The smallest absolute Gasteiger partial charge is 0.244 e. The molecule has 2 fully saturated rings. The summed E-state index contributed by atoms with van der Waals surface area (Å²) in [7, 11) is 0. The van der Waals surface area contributed by atoms with Crippen LogP contribution < -0.4 is 10.6 Å². The summed E-state index contributed by atoms with van der Waals surface area (Å²) in [5.74, 6) is -2.00. The first-order chi connectivity index (χ1) is 12.5. The Bertz CT molecular complexity index is 677. The van der Waals surface area contributed by atoms with Crippen LogP contribution in [0.25, 0.3) is 0 Å². The molecule has 1 saturated carbocycles. The van der Waals surface area contributed by atoms with E-state index in [1.54, 1.807) is 0 Å². The van der Waals surface area contributed by atoms with E-state index in [0.717, 1.165) is 44.4 Å². The largest absolute Gasteiger partial charge is 0.333 e. The van der Waals surface area contributed by atoms with Gasteiger partial charge in [0.25, 0.3) is 0 Å². The van der Waals surface area contributed by atoms with Gasteiger partial charge < -0.3 is 15.5 Å². The maximum atomic E-state index is 13.7. The number of para-hydroxylation sites is 1. The number of anilines is 1. The maximum absolute atomic E-state index is 13.7. The first-order valence-corrected chi connectivity index (χ1v) is 9.22. The molecule has 0 radical (unpaired) electrons. The average Bonchev–Trinajstić information content (AvgIpc) is 3.07. The molecule has 1 saturated heterocycles. The summed E-state index contributed by atoms with van der Waals surface area (Å²) in [4.78, 5) is 27.0. The van der Waals surface area contributed by atoms with E-state index in [9.17, 15) is 18.4 Å². The van der Waals surface area contributed by atoms with Gasteiger partial charge in [0.2, 0.25) is 11.8 Å². The van der Waals surface area contributed by atoms with Gasteiger partial charge in [0.15, 0.2) is 0 Å². The highest BCUT2D eigenvalue weighted by Crippen LogP contribution is 2.45. The van der Waals surface area contributed by atoms with E-state index in [1.165, 1.54) is 11.0 Å². The zero-order valence-electron chi connectivity index (χ0n) is 15.0. The standard InChI is InChI=1S/C19H25F2N3O2/c1-2-24(11-16(25)23-17-14(20)7-5-8-15(17)21)18(26)19-9-4-3-6-13(19)10-22-12-19/h5,7-8,13,22H,2-4,6,9-12H2,1H3,(H,23,25)/t13-,19+/m0/s1. The van der Waals surface area contributed by atoms with E-state index in [4.69, 9.17) is 0 Å². The number of amides is 2. The fourth-order valence-electron chi connectivity index (χ4n) is 4.28. The van der Waals surface area contributed by atoms with Crippen LogP contribution in [0.1, 0.15) is 32.6 Å². The third-order valence-electron chi connectivity index (χ3n) is 5.69. The number of hydrogen-bond acceptors (Lipinski definition) is 3. The molecule has 1 aliphatic heterocycles. The highest BCUT2D eigenvalue weighted by atomic mass is 19.1. The van der Waals surface area contributed by atoms with Gasteiger partial charge in [-0.3, -0.25) is 9.59 Å². The first-order valence-electron chi connectivity index (χ1n) is 9.22. The van der Waals surface area contributed by atoms with Crippen molar-refractivity contribution in [3.8, 4) is 0 Å². The van der Waals surface area contributed by atoms with E-state index in [0.29, 0.717) is 19.0 Å². The number of carbonyl (C=O) groups is 2. The predicted octanol–water partition coefficient (Wildman–Crippen LogP) is 2.53. The molecule has 3 rings (SSSR count). The van der Waals surface area contributed by atoms with E-state index in [-0.39, 0.29) is 12.5 Å². The summed E-state index contributed by atoms with van der Waals surface area (Å²) < 4.78 is 27.4. The van der Waals surface area contributed by atoms with E-state index in [2.05, 4.69) is 10.6 Å². The second-order valence-corrected chi connectivity index (χ2v) is 7.19. The molecule has 1 aromatic carbocycles. The van der Waals surface area contributed by atoms with Crippen molar-refractivity contribution in [1.82, 2.24) is 10.2 Å². The zero-order valence-corrected chi connectivity index (χ0v) is 15.0. The summed E-state index contributed by atoms with van der Waals surface area (Å²) in [5.41, 5.74) is -0.921. The van der Waals surface area contributed by atoms with Crippen LogP contribution in [0.3, 0.4) is 0 Å². The fraction of sp³-hybridized carbons (Fsp3) is 0.579. The van der Waals surface area contributed by atoms with Crippen LogP contribution in [-0.4, -0.2) is 42.9 Å². The minimum absolute atomic E-state index is 0.0288. The van der Waals surface area contributed by atoms with E-state index in [1.807, 2.05) is 6.92 Å². The number of rotatable bonds is 5. The maximum Gasteiger partial charge on any atom is 0.244 e. The van der Waals surface area contributed by atoms with Crippen LogP contribution in [0.4, 0.5) is 14.5 Å². The van der Waals surface area contributed by atoms with Crippen molar-refractivity contribution in [2.45, 2.75) is 32.6 Å². The normalized spacial score (nSPS) is 24.8. The third-order valence-corrected chi connectivity index (χ3v) is 5.69. The van der Waals surface area contributed by atoms with Crippen LogP contribution in [0.5, 0.6) is 0 Å². The van der Waals surface area contributed by atoms with Crippen molar-refractivity contribution < 1.29 is 18.4 Å². The minimum atomic E-state index is -0.835. The monoisotopic (exact) mass is 365 g/mol. The van der Waals surface area contributed by atoms with Gasteiger partial charge in [-0.2, -0.15) is 0 Å². The van der Waals surface area contributed by atoms with E-state index < -0.39 is 28.6 Å². The van der Waals surface area contributed by atoms with Gasteiger partial charge >= 0.3 is 0 Å². The number of carbonyl (C=O) groups excluding carboxylic acids is 2. The number of fused-ring (bicyclic) bond motifs is 1. The van der Waals surface area contributed by atoms with Crippen LogP contribution in [0, 0.1) is 23.0 Å². The summed E-state index contributed by atoms with van der Waals surface area (Å²) in [6, 6.07) is 3.39. The molecule has 26 heavy (non-hydrogen) atoms. The minimum Gasteiger partial charge on any atom is -0.333 e. The molecule has 2 aliphatic rings. The van der Waals surface area contributed by atoms with Gasteiger partial charge in [0.05, 0.1) is 12.0 Å². The van der Waals surface area contributed by atoms with Gasteiger partial charge in [-0.15, -0.1) is 0 Å². The van der Waals surface area contributed by atoms with Crippen molar-refractivity contribution in [2.24, 2.45) is 11.3 Å². The zero-order chi connectivity index (χ0) is 18.7. The van der Waals surface area contributed by atoms with Crippen LogP contribution in [0.15, 0.2) is 18.2 Å². The molecule has 2 atom stereocenters. The summed E-state index contributed by atoms with van der Waals surface area (Å²) in [5, 5.41) is 5.59. The third kappa shape index (κ3) is 3.45. The Morgan fingerprint density at radius 3 is 2.73 bits per heavy atom. The molecule has 5 nitrogen and oxygen atoms in total. The molecule has 2 N–H and O–H groups in total. The van der Waals surface area contributed by atoms with Crippen LogP contribution >= 0.6 is 0 Å². The van der Waals surface area contributed by atoms with E-state index >= 15 is 0 Å². The van der Waals surface area contributed by atoms with Crippen LogP contribution in [-0.2, 0) is 9.59 Å². The molecule has 142 valence electrons. The van der Waals surface area contributed by atoms with Crippen molar-refractivity contribution >= 4 is 17.5 Å². The Labute approximate surface area is 152 Å². The molecule has 1 heterocycles. The average molecular weight is 365 g/mol. The molecule has 1 aliphatic carbocycles. The highest BCUT2D eigenvalue weighted by molar-refractivity contribution is 5.95. The number of likely N-dealkylation sites (N-methyl/N-ethyl adjacent to an activating group) is 1. The number of hydrogen-bond donors (Lipinski definition) is 2. The predicted molar refractivity (Wildman–Crippen MR) is 94.5 cm³/mol. The molecule has 0 bridgehead atoms. The van der Waals surface area contributed by atoms with Gasteiger partial charge in [0, 0.05) is 13.1 Å². The lowest BCUT2D eigenvalue weighted by molar-refractivity contribution is -0.147. The van der Waals surface area contributed by atoms with Crippen molar-refractivity contribution in [3.63, 3.8) is 0 Å². The lowest BCUT2D eigenvalue weighted by Gasteiger charge is -2.40. The molecule has 2 amide bonds. The van der Waals surface area contributed by atoms with Gasteiger partial charge in [-0.25, -0.2) is 8.78 Å². The Balaban J connectivity index is 1.71. The molecule has 0 spiro atoms. The lowest BCUT2D eigenvalue weighted by Crippen LogP contribution is -2.51. The quantitative estimate of drug-likeness (QED) is 0.843. The molecule has 1 aromatic rings. The Kier molecular flexibility index (Phi) is 5.55. The molecular weight excluding hydrogens is 340 g/mol. The number of halogens is 2. The highest BCUT2D eigenvalue weighted by Gasteiger charge is 2.51. The molecule has 0 unspecified atom stereocenters. The second kappa shape index (κ2) is 7.70. The Hall–Kier alpha value is -2.02. The summed E-state index contributed by atoms with van der Waals surface area (Å²) in [6.45, 7) is 3.44. The Morgan fingerprint density at radius 2 is 2.04 bits per heavy atom. The number of nitrogens with one attached hydrogen (secondary N) is 2. The summed E-state index contributed by atoms with van der Waals surface area (Å²) >= 11 is 0. The van der Waals surface area contributed by atoms with Gasteiger partial charge in [-0.05, 0) is 44.4 Å². The van der Waals surface area contributed by atoms with Crippen molar-refractivity contribution in [1.29, 1.82) is 0 Å². The molecular formula is C19H25F2N3O2. The van der Waals surface area contributed by atoms with Gasteiger partial charge in [-0.1, -0.05) is 18.9 Å². The van der Waals surface area contributed by atoms with Crippen molar-refractivity contribution in [3.05, 3.63) is 29.8 Å². The van der Waals surface area contributed by atoms with Crippen molar-refractivity contribution in [2.75, 3.05) is 31.5 Å². The summed E-state index contributed by atoms with van der Waals surface area (Å²) in [6.07, 6.45) is 3.97. The lowest BCUT2D eigenvalue weighted by atomic mass is 9.67. The van der Waals surface area contributed by atoms with Gasteiger partial charge in [0.1, 0.15) is 17.3 Å². The number of benzene rings is 1. The first kappa shape index (κ1) is 18.8. The topological polar surface area (TPSA) is 61.4 Å². The SMILES string of the molecule is CCN(CC(=O)Nc1c(F)cccc1F)C(=O)[C@@]12CCCC[C@H]1CNC2. The number of nitrogens with zero attached hydrogens (tertiary/aromatic N) is 1. The fourth-order valence-corrected chi connectivity index (χ4v) is 4.28. The Morgan fingerprint density at radius 1 is 1.31 bits per heavy atom. The second-order valence-electron chi connectivity index (χ2n) is 7.19. The molecule has 7 heteroatoms.